The van der Waals surface area contributed by atoms with E-state index in [0.717, 1.165) is 0 Å². The minimum absolute atomic E-state index is 0.344. The van der Waals surface area contributed by atoms with Gasteiger partial charge in [-0.1, -0.05) is 0 Å². The number of hydrogen-bond acceptors (Lipinski definition) is 1. The van der Waals surface area contributed by atoms with E-state index in [9.17, 15) is 0 Å². The van der Waals surface area contributed by atoms with Gasteiger partial charge < -0.3 is 0 Å². The molecule has 0 saturated carbocycles. The third-order valence-corrected chi connectivity index (χ3v) is 6.70. The van der Waals surface area contributed by atoms with Crippen molar-refractivity contribution in [3.8, 4) is 0 Å². The zero-order chi connectivity index (χ0) is 13.6. The summed E-state index contributed by atoms with van der Waals surface area (Å²) >= 11 is 0.689. The molecule has 0 aliphatic heterocycles. The van der Waals surface area contributed by atoms with Crippen molar-refractivity contribution in [3.63, 3.8) is 0 Å². The summed E-state index contributed by atoms with van der Waals surface area (Å²) in [6, 6.07) is 23.6. The van der Waals surface area contributed by atoms with Crippen molar-refractivity contribution in [1.29, 1.82) is 0 Å². The summed E-state index contributed by atoms with van der Waals surface area (Å²) in [6.07, 6.45) is 4.00. The molecule has 0 N–H and O–H groups in total. The Morgan fingerprint density at radius 2 is 1.00 bits per heavy atom. The third-order valence-electron chi connectivity index (χ3n) is 2.65. The van der Waals surface area contributed by atoms with E-state index < -0.39 is 0 Å². The van der Waals surface area contributed by atoms with Gasteiger partial charge in [0.05, 0.1) is 0 Å². The van der Waals surface area contributed by atoms with E-state index >= 15 is 0 Å². The van der Waals surface area contributed by atoms with Gasteiger partial charge >= 0.3 is 132 Å². The Labute approximate surface area is 131 Å². The van der Waals surface area contributed by atoms with Crippen molar-refractivity contribution in [2.45, 2.75) is 0 Å². The fourth-order valence-electron chi connectivity index (χ4n) is 1.76. The Morgan fingerprint density at radius 3 is 1.45 bits per heavy atom. The minimum atomic E-state index is 0.344. The number of aromatic nitrogens is 1. The fraction of sp³-hybridized carbons (Fsp3) is 0. The van der Waals surface area contributed by atoms with Crippen LogP contribution >= 0.6 is 0 Å². The van der Waals surface area contributed by atoms with Crippen LogP contribution in [0.5, 0.6) is 0 Å². The molecule has 1 heterocycles. The number of hydrogen-bond donors (Lipinski definition) is 0. The van der Waals surface area contributed by atoms with Gasteiger partial charge in [0.25, 0.3) is 0 Å². The zero-order valence-electron chi connectivity index (χ0n) is 10.8. The summed E-state index contributed by atoms with van der Waals surface area (Å²) in [4.78, 5) is 4.41. The van der Waals surface area contributed by atoms with Crippen LogP contribution in [0.1, 0.15) is 0 Å². The third kappa shape index (κ3) is 3.82. The molecular formula is C17H13NSe2. The molecule has 3 heteroatoms. The SMILES string of the molecule is c1ccc([Se]c2cncc([Se]c3ccccc3)c2)cc1. The average Bonchev–Trinajstić information content (AvgIpc) is 2.50. The van der Waals surface area contributed by atoms with Gasteiger partial charge in [0.15, 0.2) is 0 Å². The van der Waals surface area contributed by atoms with Crippen LogP contribution in [0, 0.1) is 0 Å². The Hall–Kier alpha value is -1.37. The van der Waals surface area contributed by atoms with Gasteiger partial charge in [0.1, 0.15) is 0 Å². The monoisotopic (exact) mass is 391 g/mol. The number of rotatable bonds is 4. The van der Waals surface area contributed by atoms with Crippen molar-refractivity contribution in [3.05, 3.63) is 79.1 Å². The molecule has 3 aromatic rings. The molecule has 0 amide bonds. The molecule has 0 aliphatic rings. The van der Waals surface area contributed by atoms with Crippen LogP contribution in [0.4, 0.5) is 0 Å². The van der Waals surface area contributed by atoms with Gasteiger partial charge in [-0.3, -0.25) is 0 Å². The molecule has 20 heavy (non-hydrogen) atoms. The molecule has 0 saturated heterocycles. The molecule has 0 aliphatic carbocycles. The van der Waals surface area contributed by atoms with Crippen LogP contribution in [-0.4, -0.2) is 34.9 Å². The quantitative estimate of drug-likeness (QED) is 0.589. The van der Waals surface area contributed by atoms with E-state index in [4.69, 9.17) is 0 Å². The molecule has 0 bridgehead atoms. The predicted molar refractivity (Wildman–Crippen MR) is 87.2 cm³/mol. The second-order valence-corrected chi connectivity index (χ2v) is 9.00. The molecule has 98 valence electrons. The summed E-state index contributed by atoms with van der Waals surface area (Å²) < 4.78 is 5.48. The molecule has 0 unspecified atom stereocenters. The summed E-state index contributed by atoms with van der Waals surface area (Å²) in [7, 11) is 0. The first-order chi connectivity index (χ1) is 9.90. The molecule has 0 radical (unpaired) electrons. The summed E-state index contributed by atoms with van der Waals surface area (Å²) in [5.74, 6) is 0. The maximum atomic E-state index is 4.41. The Kier molecular flexibility index (Phi) is 4.68. The maximum absolute atomic E-state index is 4.41. The Bertz CT molecular complexity index is 612. The molecule has 1 nitrogen and oxygen atoms in total. The molecule has 0 spiro atoms. The Morgan fingerprint density at radius 1 is 0.550 bits per heavy atom. The second kappa shape index (κ2) is 6.87. The zero-order valence-corrected chi connectivity index (χ0v) is 14.2. The van der Waals surface area contributed by atoms with Crippen LogP contribution in [0.2, 0.25) is 0 Å². The van der Waals surface area contributed by atoms with Crippen LogP contribution in [0.3, 0.4) is 0 Å². The topological polar surface area (TPSA) is 12.9 Å². The van der Waals surface area contributed by atoms with E-state index in [-0.39, 0.29) is 0 Å². The van der Waals surface area contributed by atoms with Crippen molar-refractivity contribution < 1.29 is 0 Å². The van der Waals surface area contributed by atoms with Crippen LogP contribution in [-0.2, 0) is 0 Å². The van der Waals surface area contributed by atoms with Gasteiger partial charge in [0, 0.05) is 0 Å². The average molecular weight is 389 g/mol. The van der Waals surface area contributed by atoms with Gasteiger partial charge in [0.2, 0.25) is 0 Å². The molecular weight excluding hydrogens is 376 g/mol. The normalized spacial score (nSPS) is 10.4. The van der Waals surface area contributed by atoms with E-state index in [1.54, 1.807) is 0 Å². The first kappa shape index (κ1) is 13.6. The van der Waals surface area contributed by atoms with E-state index in [1.165, 1.54) is 17.8 Å². The first-order valence-electron chi connectivity index (χ1n) is 6.31. The molecule has 1 aromatic heterocycles. The number of nitrogens with zero attached hydrogens (tertiary/aromatic N) is 1. The standard InChI is InChI=1S/C17H13NSe2/c1-3-7-14(8-4-1)19-16-11-17(13-18-12-16)20-15-9-5-2-6-10-15/h1-13H. The molecule has 3 rings (SSSR count). The van der Waals surface area contributed by atoms with E-state index in [1.807, 2.05) is 12.4 Å². The van der Waals surface area contributed by atoms with Crippen LogP contribution in [0.15, 0.2) is 79.1 Å². The first-order valence-corrected chi connectivity index (χ1v) is 9.74. The van der Waals surface area contributed by atoms with Crippen molar-refractivity contribution in [2.24, 2.45) is 0 Å². The van der Waals surface area contributed by atoms with Crippen molar-refractivity contribution in [1.82, 2.24) is 4.98 Å². The van der Waals surface area contributed by atoms with Crippen LogP contribution in [0.25, 0.3) is 0 Å². The summed E-state index contributed by atoms with van der Waals surface area (Å²) in [5.41, 5.74) is 0. The number of benzene rings is 2. The van der Waals surface area contributed by atoms with Crippen molar-refractivity contribution in [2.75, 3.05) is 0 Å². The predicted octanol–water partition coefficient (Wildman–Crippen LogP) is 0.392. The molecule has 0 fully saturated rings. The van der Waals surface area contributed by atoms with Gasteiger partial charge in [-0.2, -0.15) is 0 Å². The van der Waals surface area contributed by atoms with E-state index in [0.29, 0.717) is 29.9 Å². The summed E-state index contributed by atoms with van der Waals surface area (Å²) in [6.45, 7) is 0. The molecule has 0 atom stereocenters. The van der Waals surface area contributed by atoms with Crippen molar-refractivity contribution >= 4 is 47.8 Å². The van der Waals surface area contributed by atoms with Gasteiger partial charge in [-0.15, -0.1) is 0 Å². The second-order valence-electron chi connectivity index (χ2n) is 4.19. The molecule has 2 aromatic carbocycles. The van der Waals surface area contributed by atoms with E-state index in [2.05, 4.69) is 71.7 Å². The summed E-state index contributed by atoms with van der Waals surface area (Å²) in [5, 5.41) is 0. The van der Waals surface area contributed by atoms with Crippen LogP contribution < -0.4 is 17.8 Å². The number of pyridine rings is 1. The fourth-order valence-corrected chi connectivity index (χ4v) is 5.77. The van der Waals surface area contributed by atoms with Gasteiger partial charge in [-0.25, -0.2) is 0 Å². The van der Waals surface area contributed by atoms with Gasteiger partial charge in [-0.05, 0) is 0 Å². The Balaban J connectivity index is 1.76.